The predicted octanol–water partition coefficient (Wildman–Crippen LogP) is 6.68. The molecule has 0 fully saturated rings. The van der Waals surface area contributed by atoms with Gasteiger partial charge in [-0.15, -0.1) is 11.3 Å². The molecule has 0 aliphatic rings. The van der Waals surface area contributed by atoms with E-state index in [9.17, 15) is 9.90 Å². The monoisotopic (exact) mass is 525 g/mol. The van der Waals surface area contributed by atoms with E-state index in [2.05, 4.69) is 15.6 Å². The van der Waals surface area contributed by atoms with Crippen LogP contribution in [0.15, 0.2) is 91.0 Å². The average Bonchev–Trinajstić information content (AvgIpc) is 3.34. The van der Waals surface area contributed by atoms with Gasteiger partial charge in [0.2, 0.25) is 0 Å². The smallest absolute Gasteiger partial charge is 0.257 e. The summed E-state index contributed by atoms with van der Waals surface area (Å²) in [6.07, 6.45) is 0. The minimum Gasteiger partial charge on any atom is -0.507 e. The van der Waals surface area contributed by atoms with Crippen LogP contribution in [0.3, 0.4) is 0 Å². The van der Waals surface area contributed by atoms with Crippen LogP contribution in [0.25, 0.3) is 20.8 Å². The van der Waals surface area contributed by atoms with Crippen LogP contribution in [-0.4, -0.2) is 21.1 Å². The quantitative estimate of drug-likeness (QED) is 0.169. The van der Waals surface area contributed by atoms with Crippen molar-refractivity contribution in [3.63, 3.8) is 0 Å². The maximum absolute atomic E-state index is 12.8. The highest BCUT2D eigenvalue weighted by atomic mass is 32.1. The lowest BCUT2D eigenvalue weighted by atomic mass is 10.1. The van der Waals surface area contributed by atoms with Gasteiger partial charge in [0.25, 0.3) is 5.91 Å². The number of aryl methyl sites for hydroxylation is 1. The van der Waals surface area contributed by atoms with E-state index in [1.165, 1.54) is 11.3 Å². The molecule has 0 atom stereocenters. The highest BCUT2D eigenvalue weighted by Crippen LogP contribution is 2.38. The Morgan fingerprint density at radius 2 is 1.78 bits per heavy atom. The van der Waals surface area contributed by atoms with Crippen LogP contribution in [-0.2, 0) is 6.61 Å². The van der Waals surface area contributed by atoms with Gasteiger partial charge in [0.15, 0.2) is 5.11 Å². The van der Waals surface area contributed by atoms with Gasteiger partial charge in [-0.2, -0.15) is 0 Å². The summed E-state index contributed by atoms with van der Waals surface area (Å²) in [4.78, 5) is 17.5. The minimum absolute atomic E-state index is 0.140. The Labute approximate surface area is 223 Å². The molecule has 0 aliphatic heterocycles. The summed E-state index contributed by atoms with van der Waals surface area (Å²) in [6, 6.07) is 28.1. The van der Waals surface area contributed by atoms with E-state index < -0.39 is 0 Å². The number of phenols is 1. The van der Waals surface area contributed by atoms with Gasteiger partial charge in [-0.05, 0) is 72.7 Å². The van der Waals surface area contributed by atoms with Crippen molar-refractivity contribution in [2.75, 3.05) is 5.32 Å². The first kappa shape index (κ1) is 24.4. The number of carbonyl (C=O) groups excluding carboxylic acids is 1. The molecular weight excluding hydrogens is 502 g/mol. The number of para-hydroxylation sites is 1. The number of anilines is 1. The first-order valence-electron chi connectivity index (χ1n) is 11.5. The molecule has 4 aromatic carbocycles. The van der Waals surface area contributed by atoms with Crippen LogP contribution < -0.4 is 15.4 Å². The SMILES string of the molecule is Cc1cc(NC(=S)NC(=O)c2cccc(OCc3ccccc3)c2)cc(-c2nc3ccccc3s2)c1O. The molecule has 0 unspecified atom stereocenters. The van der Waals surface area contributed by atoms with Crippen molar-refractivity contribution < 1.29 is 14.6 Å². The molecule has 8 heteroatoms. The van der Waals surface area contributed by atoms with Crippen LogP contribution >= 0.6 is 23.6 Å². The average molecular weight is 526 g/mol. The number of hydrogen-bond acceptors (Lipinski definition) is 6. The Bertz CT molecular complexity index is 1570. The molecule has 0 radical (unpaired) electrons. The summed E-state index contributed by atoms with van der Waals surface area (Å²) in [5, 5.41) is 17.3. The number of hydrogen-bond donors (Lipinski definition) is 3. The van der Waals surface area contributed by atoms with Crippen LogP contribution in [0.5, 0.6) is 11.5 Å². The number of fused-ring (bicyclic) bond motifs is 1. The normalized spacial score (nSPS) is 10.7. The molecule has 1 aromatic heterocycles. The fourth-order valence-corrected chi connectivity index (χ4v) is 5.00. The van der Waals surface area contributed by atoms with Crippen molar-refractivity contribution in [3.05, 3.63) is 108 Å². The second-order valence-corrected chi connectivity index (χ2v) is 9.83. The number of benzene rings is 4. The number of rotatable bonds is 6. The molecule has 0 spiro atoms. The Kier molecular flexibility index (Phi) is 7.11. The maximum atomic E-state index is 12.8. The van der Waals surface area contributed by atoms with E-state index in [-0.39, 0.29) is 16.8 Å². The van der Waals surface area contributed by atoms with Crippen molar-refractivity contribution >= 4 is 50.5 Å². The molecule has 184 valence electrons. The molecule has 0 saturated heterocycles. The number of aromatic hydroxyl groups is 1. The Balaban J connectivity index is 1.27. The van der Waals surface area contributed by atoms with Crippen LogP contribution in [0.2, 0.25) is 0 Å². The number of thiocarbonyl (C=S) groups is 1. The summed E-state index contributed by atoms with van der Waals surface area (Å²) in [5.74, 6) is 0.390. The summed E-state index contributed by atoms with van der Waals surface area (Å²) in [7, 11) is 0. The van der Waals surface area contributed by atoms with Gasteiger partial charge in [0.1, 0.15) is 23.1 Å². The van der Waals surface area contributed by atoms with Gasteiger partial charge >= 0.3 is 0 Å². The maximum Gasteiger partial charge on any atom is 0.257 e. The molecule has 1 heterocycles. The fourth-order valence-electron chi connectivity index (χ4n) is 3.81. The van der Waals surface area contributed by atoms with Crippen molar-refractivity contribution in [2.24, 2.45) is 0 Å². The van der Waals surface area contributed by atoms with Crippen molar-refractivity contribution in [1.82, 2.24) is 10.3 Å². The molecule has 5 aromatic rings. The van der Waals surface area contributed by atoms with E-state index in [0.717, 1.165) is 15.8 Å². The lowest BCUT2D eigenvalue weighted by Gasteiger charge is -2.13. The first-order valence-corrected chi connectivity index (χ1v) is 12.8. The highest BCUT2D eigenvalue weighted by molar-refractivity contribution is 7.80. The van der Waals surface area contributed by atoms with Gasteiger partial charge in [0, 0.05) is 11.3 Å². The van der Waals surface area contributed by atoms with Crippen molar-refractivity contribution in [1.29, 1.82) is 0 Å². The van der Waals surface area contributed by atoms with E-state index in [4.69, 9.17) is 17.0 Å². The molecule has 0 saturated carbocycles. The largest absolute Gasteiger partial charge is 0.507 e. The molecule has 5 rings (SSSR count). The molecule has 6 nitrogen and oxygen atoms in total. The minimum atomic E-state index is -0.357. The number of thiazole rings is 1. The third-order valence-electron chi connectivity index (χ3n) is 5.65. The van der Waals surface area contributed by atoms with E-state index in [0.29, 0.717) is 39.7 Å². The molecule has 37 heavy (non-hydrogen) atoms. The Morgan fingerprint density at radius 1 is 1.00 bits per heavy atom. The zero-order valence-electron chi connectivity index (χ0n) is 19.9. The molecule has 3 N–H and O–H groups in total. The second-order valence-electron chi connectivity index (χ2n) is 8.39. The topological polar surface area (TPSA) is 83.5 Å². The highest BCUT2D eigenvalue weighted by Gasteiger charge is 2.15. The zero-order valence-corrected chi connectivity index (χ0v) is 21.5. The van der Waals surface area contributed by atoms with E-state index in [1.807, 2.05) is 54.6 Å². The van der Waals surface area contributed by atoms with Crippen molar-refractivity contribution in [3.8, 4) is 22.1 Å². The number of amides is 1. The summed E-state index contributed by atoms with van der Waals surface area (Å²) in [6.45, 7) is 2.21. The number of nitrogens with one attached hydrogen (secondary N) is 2. The zero-order chi connectivity index (χ0) is 25.8. The van der Waals surface area contributed by atoms with Crippen LogP contribution in [0, 0.1) is 6.92 Å². The fraction of sp³-hybridized carbons (Fsp3) is 0.0690. The van der Waals surface area contributed by atoms with Gasteiger partial charge in [-0.3, -0.25) is 10.1 Å². The summed E-state index contributed by atoms with van der Waals surface area (Å²) >= 11 is 6.90. The van der Waals surface area contributed by atoms with Crippen LogP contribution in [0.1, 0.15) is 21.5 Å². The number of aromatic nitrogens is 1. The summed E-state index contributed by atoms with van der Waals surface area (Å²) < 4.78 is 6.86. The summed E-state index contributed by atoms with van der Waals surface area (Å²) in [5.41, 5.74) is 4.23. The van der Waals surface area contributed by atoms with E-state index >= 15 is 0 Å². The number of nitrogens with zero attached hydrogens (tertiary/aromatic N) is 1. The van der Waals surface area contributed by atoms with Gasteiger partial charge in [-0.1, -0.05) is 48.5 Å². The standard InChI is InChI=1S/C29H23N3O3S2/c1-18-14-21(16-23(26(18)33)28-31-24-12-5-6-13-25(24)37-28)30-29(36)32-27(34)20-10-7-11-22(15-20)35-17-19-8-3-2-4-9-19/h2-16,33H,17H2,1H3,(H2,30,32,34,36). The predicted molar refractivity (Wildman–Crippen MR) is 152 cm³/mol. The van der Waals surface area contributed by atoms with E-state index in [1.54, 1.807) is 43.3 Å². The lowest BCUT2D eigenvalue weighted by Crippen LogP contribution is -2.34. The number of ether oxygens (including phenoxy) is 1. The molecular formula is C29H23N3O3S2. The molecule has 0 bridgehead atoms. The first-order chi connectivity index (χ1) is 18.0. The number of carbonyl (C=O) groups is 1. The van der Waals surface area contributed by atoms with Gasteiger partial charge in [0.05, 0.1) is 15.8 Å². The van der Waals surface area contributed by atoms with Gasteiger partial charge < -0.3 is 15.2 Å². The molecule has 1 amide bonds. The third kappa shape index (κ3) is 5.77. The Morgan fingerprint density at radius 3 is 2.59 bits per heavy atom. The third-order valence-corrected chi connectivity index (χ3v) is 6.93. The lowest BCUT2D eigenvalue weighted by molar-refractivity contribution is 0.0977. The number of phenolic OH excluding ortho intramolecular Hbond substituents is 1. The van der Waals surface area contributed by atoms with Crippen molar-refractivity contribution in [2.45, 2.75) is 13.5 Å². The molecule has 0 aliphatic carbocycles. The van der Waals surface area contributed by atoms with Crippen LogP contribution in [0.4, 0.5) is 5.69 Å². The van der Waals surface area contributed by atoms with Gasteiger partial charge in [-0.25, -0.2) is 4.98 Å². The Hall–Kier alpha value is -4.27. The second kappa shape index (κ2) is 10.8.